The predicted molar refractivity (Wildman–Crippen MR) is 121 cm³/mol. The summed E-state index contributed by atoms with van der Waals surface area (Å²) in [7, 11) is 3.27. The Labute approximate surface area is 187 Å². The molecule has 1 spiro atoms. The van der Waals surface area contributed by atoms with E-state index in [-0.39, 0.29) is 5.60 Å². The molecule has 0 aliphatic carbocycles. The highest BCUT2D eigenvalue weighted by molar-refractivity contribution is 5.84. The maximum atomic E-state index is 10.9. The van der Waals surface area contributed by atoms with E-state index in [1.54, 1.807) is 14.2 Å². The zero-order valence-corrected chi connectivity index (χ0v) is 18.5. The quantitative estimate of drug-likeness (QED) is 0.565. The van der Waals surface area contributed by atoms with Crippen LogP contribution in [0, 0.1) is 0 Å². The number of aliphatic hydroxyl groups excluding tert-OH is 2. The second-order valence-corrected chi connectivity index (χ2v) is 8.88. The van der Waals surface area contributed by atoms with E-state index in [9.17, 15) is 10.2 Å². The number of fused-ring (bicyclic) bond motifs is 2. The van der Waals surface area contributed by atoms with Gasteiger partial charge in [0.25, 0.3) is 0 Å². The number of hydrogen-bond acceptors (Lipinski definition) is 6. The van der Waals surface area contributed by atoms with Crippen LogP contribution >= 0.6 is 0 Å². The van der Waals surface area contributed by atoms with E-state index in [1.165, 1.54) is 0 Å². The molecule has 0 amide bonds. The van der Waals surface area contributed by atoms with Gasteiger partial charge in [0.2, 0.25) is 0 Å². The predicted octanol–water partition coefficient (Wildman–Crippen LogP) is 3.57. The van der Waals surface area contributed by atoms with Crippen LogP contribution in [-0.4, -0.2) is 59.6 Å². The van der Waals surface area contributed by atoms with Gasteiger partial charge in [0.15, 0.2) is 0 Å². The Morgan fingerprint density at radius 2 is 1.84 bits per heavy atom. The van der Waals surface area contributed by atoms with Gasteiger partial charge in [-0.2, -0.15) is 0 Å². The lowest BCUT2D eigenvalue weighted by molar-refractivity contribution is -0.0588. The number of H-pyrrole nitrogens is 1. The van der Waals surface area contributed by atoms with Crippen molar-refractivity contribution in [2.75, 3.05) is 33.9 Å². The number of likely N-dealkylation sites (tertiary alicyclic amines) is 1. The zero-order chi connectivity index (χ0) is 22.3. The molecule has 0 bridgehead atoms. The fourth-order valence-electron chi connectivity index (χ4n) is 5.07. The third kappa shape index (κ3) is 3.81. The largest absolute Gasteiger partial charge is 0.497 e. The molecule has 7 nitrogen and oxygen atoms in total. The number of hydrogen-bond donors (Lipinski definition) is 3. The number of rotatable bonds is 5. The minimum absolute atomic E-state index is 0.361. The Morgan fingerprint density at radius 1 is 1.12 bits per heavy atom. The van der Waals surface area contributed by atoms with Crippen molar-refractivity contribution in [3.05, 3.63) is 53.7 Å². The molecule has 2 aliphatic rings. The van der Waals surface area contributed by atoms with Crippen LogP contribution in [0.1, 0.15) is 42.6 Å². The molecule has 0 saturated carbocycles. The van der Waals surface area contributed by atoms with E-state index >= 15 is 0 Å². The molecule has 170 valence electrons. The first-order chi connectivity index (χ1) is 15.5. The van der Waals surface area contributed by atoms with Crippen molar-refractivity contribution in [2.45, 2.75) is 37.1 Å². The van der Waals surface area contributed by atoms with Gasteiger partial charge in [-0.15, -0.1) is 0 Å². The SMILES string of the molecule is COc1ccc2c(c1)[C@H](O)CC1(CCN(C[C@H](O)c3c[nH]c4cc(OC)ccc34)CC1)O2. The van der Waals surface area contributed by atoms with Crippen LogP contribution in [0.5, 0.6) is 17.2 Å². The van der Waals surface area contributed by atoms with Crippen LogP contribution in [0.4, 0.5) is 0 Å². The highest BCUT2D eigenvalue weighted by Gasteiger charge is 2.43. The summed E-state index contributed by atoms with van der Waals surface area (Å²) in [6.07, 6.45) is 2.94. The normalized spacial score (nSPS) is 21.2. The van der Waals surface area contributed by atoms with Gasteiger partial charge in [-0.1, -0.05) is 0 Å². The molecule has 2 aromatic carbocycles. The van der Waals surface area contributed by atoms with Gasteiger partial charge in [-0.25, -0.2) is 0 Å². The fourth-order valence-corrected chi connectivity index (χ4v) is 5.07. The van der Waals surface area contributed by atoms with Crippen LogP contribution in [0.3, 0.4) is 0 Å². The van der Waals surface area contributed by atoms with E-state index in [2.05, 4.69) is 9.88 Å². The second-order valence-electron chi connectivity index (χ2n) is 8.88. The summed E-state index contributed by atoms with van der Waals surface area (Å²) in [5, 5.41) is 22.7. The lowest BCUT2D eigenvalue weighted by atomic mass is 9.81. The van der Waals surface area contributed by atoms with Crippen molar-refractivity contribution in [1.82, 2.24) is 9.88 Å². The van der Waals surface area contributed by atoms with Crippen LogP contribution in [-0.2, 0) is 0 Å². The van der Waals surface area contributed by atoms with Crippen molar-refractivity contribution in [3.8, 4) is 17.2 Å². The molecule has 7 heteroatoms. The molecule has 3 heterocycles. The van der Waals surface area contributed by atoms with Crippen LogP contribution in [0.25, 0.3) is 10.9 Å². The molecule has 0 radical (unpaired) electrons. The minimum Gasteiger partial charge on any atom is -0.497 e. The van der Waals surface area contributed by atoms with E-state index in [4.69, 9.17) is 14.2 Å². The highest BCUT2D eigenvalue weighted by Crippen LogP contribution is 2.45. The Kier molecular flexibility index (Phi) is 5.49. The third-order valence-corrected chi connectivity index (χ3v) is 6.95. The first-order valence-corrected chi connectivity index (χ1v) is 11.1. The molecule has 2 atom stereocenters. The summed E-state index contributed by atoms with van der Waals surface area (Å²) in [5.41, 5.74) is 2.29. The number of piperidine rings is 1. The number of nitrogens with zero attached hydrogens (tertiary/aromatic N) is 1. The first-order valence-electron chi connectivity index (χ1n) is 11.1. The lowest BCUT2D eigenvalue weighted by Gasteiger charge is -2.46. The molecule has 2 aliphatic heterocycles. The number of aromatic amines is 1. The highest BCUT2D eigenvalue weighted by atomic mass is 16.5. The monoisotopic (exact) mass is 438 g/mol. The lowest BCUT2D eigenvalue weighted by Crippen LogP contribution is -2.51. The van der Waals surface area contributed by atoms with E-state index < -0.39 is 12.2 Å². The summed E-state index contributed by atoms with van der Waals surface area (Å²) < 4.78 is 17.0. The standard InChI is InChI=1S/C25H30N2O5/c1-30-16-4-6-24-19(11-16)22(28)13-25(32-24)7-9-27(10-8-25)15-23(29)20-14-26-21-12-17(31-2)3-5-18(20)21/h3-6,11-12,14,22-23,26,28-29H,7-10,13,15H2,1-2H3/t22-,23+/m1/s1. The Hall–Kier alpha value is -2.74. The number of nitrogens with one attached hydrogen (secondary N) is 1. The molecule has 3 N–H and O–H groups in total. The first kappa shape index (κ1) is 21.1. The van der Waals surface area contributed by atoms with Crippen LogP contribution < -0.4 is 14.2 Å². The number of β-amino-alcohol motifs (C(OH)–C–C–N with tert-alkyl or cyclic N) is 1. The summed E-state index contributed by atoms with van der Waals surface area (Å²) in [5.74, 6) is 2.26. The summed E-state index contributed by atoms with van der Waals surface area (Å²) in [4.78, 5) is 5.51. The van der Waals surface area contributed by atoms with Gasteiger partial charge >= 0.3 is 0 Å². The van der Waals surface area contributed by atoms with Gasteiger partial charge in [0.05, 0.1) is 26.4 Å². The maximum Gasteiger partial charge on any atom is 0.126 e. The average Bonchev–Trinajstić information content (AvgIpc) is 3.24. The topological polar surface area (TPSA) is 87.2 Å². The minimum atomic E-state index is -0.586. The fraction of sp³-hybridized carbons (Fsp3) is 0.440. The number of aromatic nitrogens is 1. The van der Waals surface area contributed by atoms with E-state index in [0.29, 0.717) is 13.0 Å². The van der Waals surface area contributed by atoms with Crippen LogP contribution in [0.2, 0.25) is 0 Å². The van der Waals surface area contributed by atoms with Gasteiger partial charge in [0, 0.05) is 60.3 Å². The molecular formula is C25H30N2O5. The molecule has 32 heavy (non-hydrogen) atoms. The van der Waals surface area contributed by atoms with Crippen molar-refractivity contribution in [2.24, 2.45) is 0 Å². The molecule has 1 fully saturated rings. The second kappa shape index (κ2) is 8.31. The Bertz CT molecular complexity index is 1100. The Morgan fingerprint density at radius 3 is 2.59 bits per heavy atom. The maximum absolute atomic E-state index is 10.9. The molecule has 0 unspecified atom stereocenters. The molecule has 1 saturated heterocycles. The number of aliphatic hydroxyl groups is 2. The van der Waals surface area contributed by atoms with E-state index in [1.807, 2.05) is 42.6 Å². The van der Waals surface area contributed by atoms with Gasteiger partial charge in [-0.05, 0) is 43.2 Å². The van der Waals surface area contributed by atoms with Crippen molar-refractivity contribution in [3.63, 3.8) is 0 Å². The summed E-state index contributed by atoms with van der Waals surface area (Å²) >= 11 is 0. The summed E-state index contributed by atoms with van der Waals surface area (Å²) in [6.45, 7) is 2.18. The number of benzene rings is 2. The van der Waals surface area contributed by atoms with Crippen molar-refractivity contribution in [1.29, 1.82) is 0 Å². The molecule has 1 aromatic heterocycles. The molecule has 5 rings (SSSR count). The van der Waals surface area contributed by atoms with Gasteiger partial charge in [-0.3, -0.25) is 0 Å². The molecule has 3 aromatic rings. The third-order valence-electron chi connectivity index (χ3n) is 6.95. The Balaban J connectivity index is 1.24. The van der Waals surface area contributed by atoms with Gasteiger partial charge < -0.3 is 34.3 Å². The van der Waals surface area contributed by atoms with Crippen molar-refractivity contribution >= 4 is 10.9 Å². The van der Waals surface area contributed by atoms with Crippen molar-refractivity contribution < 1.29 is 24.4 Å². The number of methoxy groups -OCH3 is 2. The smallest absolute Gasteiger partial charge is 0.126 e. The van der Waals surface area contributed by atoms with Gasteiger partial charge in [0.1, 0.15) is 22.8 Å². The van der Waals surface area contributed by atoms with Crippen LogP contribution in [0.15, 0.2) is 42.6 Å². The molecular weight excluding hydrogens is 408 g/mol. The zero-order valence-electron chi connectivity index (χ0n) is 18.5. The summed E-state index contributed by atoms with van der Waals surface area (Å²) in [6, 6.07) is 11.5. The number of ether oxygens (including phenoxy) is 3. The van der Waals surface area contributed by atoms with E-state index in [0.717, 1.165) is 65.2 Å². The average molecular weight is 439 g/mol.